The molecule has 4 nitrogen and oxygen atoms in total. The SMILES string of the molecule is CCCCCCCCCCCO.NCC(N)CCCCCCCCCCCO. The number of aliphatic hydroxyl groups excluding tert-OH is 2. The first kappa shape index (κ1) is 30.0. The maximum absolute atomic E-state index is 8.61. The largest absolute Gasteiger partial charge is 0.396 e. The summed E-state index contributed by atoms with van der Waals surface area (Å²) in [5.74, 6) is 0. The van der Waals surface area contributed by atoms with Gasteiger partial charge in [-0.2, -0.15) is 0 Å². The van der Waals surface area contributed by atoms with Crippen LogP contribution in [0, 0.1) is 0 Å². The lowest BCUT2D eigenvalue weighted by Crippen LogP contribution is -2.29. The first-order chi connectivity index (χ1) is 13.7. The summed E-state index contributed by atoms with van der Waals surface area (Å²) in [6, 6.07) is 0.207. The number of hydrogen-bond donors (Lipinski definition) is 4. The smallest absolute Gasteiger partial charge is 0.0431 e. The van der Waals surface area contributed by atoms with Crippen LogP contribution in [-0.2, 0) is 0 Å². The van der Waals surface area contributed by atoms with Gasteiger partial charge in [0.05, 0.1) is 0 Å². The molecule has 0 rings (SSSR count). The molecule has 0 aromatic heterocycles. The highest BCUT2D eigenvalue weighted by atomic mass is 16.3. The van der Waals surface area contributed by atoms with E-state index >= 15 is 0 Å². The van der Waals surface area contributed by atoms with Crippen LogP contribution in [0.4, 0.5) is 0 Å². The van der Waals surface area contributed by atoms with E-state index < -0.39 is 0 Å². The molecule has 0 amide bonds. The van der Waals surface area contributed by atoms with Crippen LogP contribution in [0.15, 0.2) is 0 Å². The highest BCUT2D eigenvalue weighted by Gasteiger charge is 1.98. The lowest BCUT2D eigenvalue weighted by Gasteiger charge is -2.07. The summed E-state index contributed by atoms with van der Waals surface area (Å²) in [5.41, 5.74) is 11.2. The van der Waals surface area contributed by atoms with Gasteiger partial charge in [-0.1, -0.05) is 110 Å². The number of nitrogens with two attached hydrogens (primary N) is 2. The molecular weight excluding hydrogens is 348 g/mol. The maximum atomic E-state index is 8.61. The van der Waals surface area contributed by atoms with E-state index in [2.05, 4.69) is 6.92 Å². The van der Waals surface area contributed by atoms with Gasteiger partial charge in [-0.3, -0.25) is 0 Å². The molecule has 0 fully saturated rings. The van der Waals surface area contributed by atoms with Gasteiger partial charge >= 0.3 is 0 Å². The Labute approximate surface area is 176 Å². The minimum atomic E-state index is 0.207. The molecule has 0 aromatic carbocycles. The molecule has 6 N–H and O–H groups in total. The van der Waals surface area contributed by atoms with Crippen LogP contribution in [0.2, 0.25) is 0 Å². The zero-order valence-corrected chi connectivity index (χ0v) is 19.2. The molecule has 0 saturated heterocycles. The second-order valence-electron chi connectivity index (χ2n) is 8.24. The van der Waals surface area contributed by atoms with Crippen molar-refractivity contribution in [2.24, 2.45) is 11.5 Å². The van der Waals surface area contributed by atoms with Gasteiger partial charge in [-0.25, -0.2) is 0 Å². The fourth-order valence-electron chi connectivity index (χ4n) is 3.30. The summed E-state index contributed by atoms with van der Waals surface area (Å²) < 4.78 is 0. The van der Waals surface area contributed by atoms with Crippen LogP contribution in [-0.4, -0.2) is 36.0 Å². The summed E-state index contributed by atoms with van der Waals surface area (Å²) in [6.45, 7) is 3.59. The Kier molecular flexibility index (Phi) is 31.2. The topological polar surface area (TPSA) is 92.5 Å². The number of rotatable bonds is 21. The molecule has 0 spiro atoms. The summed E-state index contributed by atoms with van der Waals surface area (Å²) in [4.78, 5) is 0. The van der Waals surface area contributed by atoms with Crippen LogP contribution in [0.5, 0.6) is 0 Å². The zero-order chi connectivity index (χ0) is 21.1. The average Bonchev–Trinajstić information content (AvgIpc) is 2.71. The van der Waals surface area contributed by atoms with Gasteiger partial charge in [0.2, 0.25) is 0 Å². The molecule has 172 valence electrons. The van der Waals surface area contributed by atoms with E-state index in [0.717, 1.165) is 19.3 Å². The zero-order valence-electron chi connectivity index (χ0n) is 19.2. The molecule has 0 aliphatic heterocycles. The lowest BCUT2D eigenvalue weighted by molar-refractivity contribution is 0.282. The Hall–Kier alpha value is -0.160. The van der Waals surface area contributed by atoms with E-state index in [4.69, 9.17) is 21.7 Å². The normalized spacial score (nSPS) is 11.9. The molecule has 1 atom stereocenters. The van der Waals surface area contributed by atoms with Gasteiger partial charge in [0, 0.05) is 25.8 Å². The Bertz CT molecular complexity index is 243. The Balaban J connectivity index is 0. The van der Waals surface area contributed by atoms with Gasteiger partial charge in [-0.15, -0.1) is 0 Å². The third-order valence-electron chi connectivity index (χ3n) is 5.30. The first-order valence-electron chi connectivity index (χ1n) is 12.4. The minimum absolute atomic E-state index is 0.207. The standard InChI is InChI=1S/C13H30N2O.C11H24O/c14-12-13(15)10-8-6-4-2-1-3-5-7-9-11-16;1-2-3-4-5-6-7-8-9-10-11-12/h13,16H,1-12,14-15H2;12H,2-11H2,1H3. The average molecular weight is 403 g/mol. The fourth-order valence-corrected chi connectivity index (χ4v) is 3.30. The molecule has 0 bridgehead atoms. The summed E-state index contributed by atoms with van der Waals surface area (Å²) >= 11 is 0. The van der Waals surface area contributed by atoms with E-state index in [1.165, 1.54) is 103 Å². The van der Waals surface area contributed by atoms with Crippen molar-refractivity contribution < 1.29 is 10.2 Å². The predicted octanol–water partition coefficient (Wildman–Crippen LogP) is 5.68. The van der Waals surface area contributed by atoms with Gasteiger partial charge < -0.3 is 21.7 Å². The van der Waals surface area contributed by atoms with Crippen molar-refractivity contribution in [1.29, 1.82) is 0 Å². The molecule has 0 aliphatic carbocycles. The molecule has 0 heterocycles. The number of unbranched alkanes of at least 4 members (excludes halogenated alkanes) is 16. The minimum Gasteiger partial charge on any atom is -0.396 e. The first-order valence-corrected chi connectivity index (χ1v) is 12.4. The van der Waals surface area contributed by atoms with Gasteiger partial charge in [0.25, 0.3) is 0 Å². The molecule has 1 unspecified atom stereocenters. The Morgan fingerprint density at radius 1 is 0.536 bits per heavy atom. The number of hydrogen-bond acceptors (Lipinski definition) is 4. The van der Waals surface area contributed by atoms with Crippen LogP contribution >= 0.6 is 0 Å². The molecule has 28 heavy (non-hydrogen) atoms. The number of aliphatic hydroxyl groups is 2. The molecule has 0 saturated carbocycles. The third kappa shape index (κ3) is 30.6. The highest BCUT2D eigenvalue weighted by molar-refractivity contribution is 4.61. The summed E-state index contributed by atoms with van der Waals surface area (Å²) in [7, 11) is 0. The monoisotopic (exact) mass is 402 g/mol. The lowest BCUT2D eigenvalue weighted by atomic mass is 10.0. The third-order valence-corrected chi connectivity index (χ3v) is 5.30. The Morgan fingerprint density at radius 3 is 1.18 bits per heavy atom. The molecule has 0 aromatic rings. The van der Waals surface area contributed by atoms with Gasteiger partial charge in [-0.05, 0) is 19.3 Å². The highest BCUT2D eigenvalue weighted by Crippen LogP contribution is 2.11. The van der Waals surface area contributed by atoms with Crippen LogP contribution < -0.4 is 11.5 Å². The van der Waals surface area contributed by atoms with Crippen LogP contribution in [0.25, 0.3) is 0 Å². The van der Waals surface area contributed by atoms with Crippen molar-refractivity contribution in [1.82, 2.24) is 0 Å². The quantitative estimate of drug-likeness (QED) is 0.186. The van der Waals surface area contributed by atoms with Gasteiger partial charge in [0.1, 0.15) is 0 Å². The van der Waals surface area contributed by atoms with Crippen LogP contribution in [0.3, 0.4) is 0 Å². The van der Waals surface area contributed by atoms with Crippen molar-refractivity contribution in [2.75, 3.05) is 19.8 Å². The van der Waals surface area contributed by atoms with E-state index in [0.29, 0.717) is 19.8 Å². The second kappa shape index (κ2) is 29.0. The second-order valence-corrected chi connectivity index (χ2v) is 8.24. The van der Waals surface area contributed by atoms with Crippen molar-refractivity contribution in [3.63, 3.8) is 0 Å². The maximum Gasteiger partial charge on any atom is 0.0431 e. The summed E-state index contributed by atoms with van der Waals surface area (Å²) in [6.07, 6.45) is 24.2. The van der Waals surface area contributed by atoms with Crippen LogP contribution in [0.1, 0.15) is 129 Å². The fraction of sp³-hybridized carbons (Fsp3) is 1.00. The van der Waals surface area contributed by atoms with E-state index in [1.54, 1.807) is 0 Å². The summed E-state index contributed by atoms with van der Waals surface area (Å²) in [5, 5.41) is 17.2. The van der Waals surface area contributed by atoms with Crippen molar-refractivity contribution >= 4 is 0 Å². The molecule has 0 aliphatic rings. The Morgan fingerprint density at radius 2 is 0.857 bits per heavy atom. The molecular formula is C24H54N2O2. The van der Waals surface area contributed by atoms with E-state index in [-0.39, 0.29) is 6.04 Å². The molecule has 4 heteroatoms. The van der Waals surface area contributed by atoms with Gasteiger partial charge in [0.15, 0.2) is 0 Å². The van der Waals surface area contributed by atoms with Crippen molar-refractivity contribution in [3.8, 4) is 0 Å². The predicted molar refractivity (Wildman–Crippen MR) is 125 cm³/mol. The van der Waals surface area contributed by atoms with Crippen molar-refractivity contribution in [3.05, 3.63) is 0 Å². The van der Waals surface area contributed by atoms with E-state index in [1.807, 2.05) is 0 Å². The van der Waals surface area contributed by atoms with Crippen molar-refractivity contribution in [2.45, 2.75) is 135 Å². The molecule has 0 radical (unpaired) electrons. The van der Waals surface area contributed by atoms with E-state index in [9.17, 15) is 0 Å².